The first-order chi connectivity index (χ1) is 9.88. The number of hydrogen-bond acceptors (Lipinski definition) is 3. The second-order valence-electron chi connectivity index (χ2n) is 5.43. The molecule has 0 saturated carbocycles. The summed E-state index contributed by atoms with van der Waals surface area (Å²) < 4.78 is 1.99. The molecule has 3 N–H and O–H groups in total. The molecule has 0 radical (unpaired) electrons. The molecule has 1 aromatic carbocycles. The van der Waals surface area contributed by atoms with Crippen molar-refractivity contribution in [2.24, 2.45) is 0 Å². The number of carbonyl (C=O) groups is 1. The van der Waals surface area contributed by atoms with E-state index in [0.717, 1.165) is 22.0 Å². The van der Waals surface area contributed by atoms with Crippen molar-refractivity contribution >= 4 is 16.9 Å². The van der Waals surface area contributed by atoms with Crippen molar-refractivity contribution in [3.05, 3.63) is 34.5 Å². The Balaban J connectivity index is 2.80. The van der Waals surface area contributed by atoms with Crippen molar-refractivity contribution in [1.29, 1.82) is 0 Å². The second kappa shape index (κ2) is 5.87. The third-order valence-electron chi connectivity index (χ3n) is 3.86. The molecule has 1 unspecified atom stereocenters. The van der Waals surface area contributed by atoms with E-state index in [1.54, 1.807) is 19.9 Å². The summed E-state index contributed by atoms with van der Waals surface area (Å²) in [6.45, 7) is 6.04. The number of carboxylic acids is 1. The molecule has 2 rings (SSSR count). The van der Waals surface area contributed by atoms with E-state index in [-0.39, 0.29) is 12.2 Å². The van der Waals surface area contributed by atoms with E-state index in [4.69, 9.17) is 5.11 Å². The molecule has 0 bridgehead atoms. The largest absolute Gasteiger partial charge is 0.478 e. The molecular formula is C16H21NO4. The number of hydrogen-bond donors (Lipinski definition) is 3. The minimum absolute atomic E-state index is 0.0922. The Labute approximate surface area is 123 Å². The topological polar surface area (TPSA) is 82.7 Å². The van der Waals surface area contributed by atoms with Gasteiger partial charge in [0.25, 0.3) is 0 Å². The minimum Gasteiger partial charge on any atom is -0.478 e. The SMILES string of the molecule is Cc1c(C(=O)O)cc(C)c2c1c(C(C)O)cn2CCCO. The minimum atomic E-state index is -0.961. The van der Waals surface area contributed by atoms with Crippen LogP contribution in [0.15, 0.2) is 12.3 Å². The third kappa shape index (κ3) is 2.66. The Bertz CT molecular complexity index is 685. The standard InChI is InChI=1S/C16H21NO4/c1-9-7-12(16(20)21)10(2)14-13(11(3)19)8-17(15(9)14)5-4-6-18/h7-8,11,18-19H,4-6H2,1-3H3,(H,20,21). The smallest absolute Gasteiger partial charge is 0.335 e. The lowest BCUT2D eigenvalue weighted by Crippen LogP contribution is -2.04. The van der Waals surface area contributed by atoms with Gasteiger partial charge >= 0.3 is 5.97 Å². The fourth-order valence-corrected chi connectivity index (χ4v) is 2.88. The fraction of sp³-hybridized carbons (Fsp3) is 0.438. The van der Waals surface area contributed by atoms with Gasteiger partial charge in [-0.25, -0.2) is 4.79 Å². The lowest BCUT2D eigenvalue weighted by molar-refractivity contribution is 0.0696. The van der Waals surface area contributed by atoms with Gasteiger partial charge in [-0.05, 0) is 44.4 Å². The van der Waals surface area contributed by atoms with Crippen LogP contribution in [0.1, 0.15) is 46.5 Å². The highest BCUT2D eigenvalue weighted by Crippen LogP contribution is 2.33. The Morgan fingerprint density at radius 3 is 2.57 bits per heavy atom. The number of aromatic carboxylic acids is 1. The summed E-state index contributed by atoms with van der Waals surface area (Å²) in [7, 11) is 0. The van der Waals surface area contributed by atoms with Gasteiger partial charge in [0, 0.05) is 30.3 Å². The average Bonchev–Trinajstić information content (AvgIpc) is 2.80. The first-order valence-electron chi connectivity index (χ1n) is 7.03. The maximum absolute atomic E-state index is 11.4. The number of nitrogens with zero attached hydrogens (tertiary/aromatic N) is 1. The normalized spacial score (nSPS) is 12.8. The number of rotatable bonds is 5. The highest BCUT2D eigenvalue weighted by atomic mass is 16.4. The van der Waals surface area contributed by atoms with Crippen molar-refractivity contribution in [3.63, 3.8) is 0 Å². The molecule has 114 valence electrons. The van der Waals surface area contributed by atoms with Gasteiger partial charge in [0.15, 0.2) is 0 Å². The van der Waals surface area contributed by atoms with Gasteiger partial charge in [-0.2, -0.15) is 0 Å². The molecule has 1 aromatic heterocycles. The van der Waals surface area contributed by atoms with Crippen molar-refractivity contribution in [3.8, 4) is 0 Å². The van der Waals surface area contributed by atoms with Crippen LogP contribution in [0.25, 0.3) is 10.9 Å². The van der Waals surface area contributed by atoms with Crippen LogP contribution in [0.5, 0.6) is 0 Å². The van der Waals surface area contributed by atoms with E-state index in [9.17, 15) is 15.0 Å². The van der Waals surface area contributed by atoms with Crippen LogP contribution in [-0.4, -0.2) is 32.5 Å². The Kier molecular flexibility index (Phi) is 4.34. The van der Waals surface area contributed by atoms with Crippen LogP contribution < -0.4 is 0 Å². The van der Waals surface area contributed by atoms with Crippen molar-refractivity contribution in [2.45, 2.75) is 39.8 Å². The highest BCUT2D eigenvalue weighted by molar-refractivity contribution is 6.00. The van der Waals surface area contributed by atoms with Gasteiger partial charge < -0.3 is 19.9 Å². The third-order valence-corrected chi connectivity index (χ3v) is 3.86. The molecule has 0 spiro atoms. The zero-order valence-electron chi connectivity index (χ0n) is 12.6. The number of aliphatic hydroxyl groups excluding tert-OH is 2. The van der Waals surface area contributed by atoms with Crippen molar-refractivity contribution in [1.82, 2.24) is 4.57 Å². The van der Waals surface area contributed by atoms with Gasteiger partial charge in [-0.1, -0.05) is 0 Å². The lowest BCUT2D eigenvalue weighted by atomic mass is 9.97. The molecule has 0 saturated heterocycles. The maximum Gasteiger partial charge on any atom is 0.335 e. The number of aliphatic hydroxyl groups is 2. The summed E-state index contributed by atoms with van der Waals surface area (Å²) >= 11 is 0. The summed E-state index contributed by atoms with van der Waals surface area (Å²) in [5, 5.41) is 29.1. The zero-order chi connectivity index (χ0) is 15.7. The molecular weight excluding hydrogens is 270 g/mol. The molecule has 0 aliphatic rings. The summed E-state index contributed by atoms with van der Waals surface area (Å²) in [5.74, 6) is -0.961. The lowest BCUT2D eigenvalue weighted by Gasteiger charge is -2.11. The van der Waals surface area contributed by atoms with Crippen LogP contribution >= 0.6 is 0 Å². The molecule has 0 aliphatic carbocycles. The summed E-state index contributed by atoms with van der Waals surface area (Å²) in [6, 6.07) is 1.67. The predicted octanol–water partition coefficient (Wildman–Crippen LogP) is 2.39. The van der Waals surface area contributed by atoms with E-state index in [1.807, 2.05) is 17.7 Å². The van der Waals surface area contributed by atoms with Crippen molar-refractivity contribution < 1.29 is 20.1 Å². The van der Waals surface area contributed by atoms with Gasteiger partial charge in [0.1, 0.15) is 0 Å². The first kappa shape index (κ1) is 15.5. The molecule has 5 nitrogen and oxygen atoms in total. The maximum atomic E-state index is 11.4. The Hall–Kier alpha value is -1.85. The quantitative estimate of drug-likeness (QED) is 0.790. The number of benzene rings is 1. The van der Waals surface area contributed by atoms with E-state index < -0.39 is 12.1 Å². The molecule has 1 atom stereocenters. The van der Waals surface area contributed by atoms with Crippen LogP contribution in [0, 0.1) is 13.8 Å². The number of fused-ring (bicyclic) bond motifs is 1. The summed E-state index contributed by atoms with van der Waals surface area (Å²) in [5.41, 5.74) is 3.45. The van der Waals surface area contributed by atoms with Gasteiger partial charge in [0.05, 0.1) is 17.2 Å². The van der Waals surface area contributed by atoms with Gasteiger partial charge in [-0.15, -0.1) is 0 Å². The molecule has 21 heavy (non-hydrogen) atoms. The highest BCUT2D eigenvalue weighted by Gasteiger charge is 2.20. The van der Waals surface area contributed by atoms with Crippen LogP contribution in [-0.2, 0) is 6.54 Å². The van der Waals surface area contributed by atoms with Gasteiger partial charge in [0.2, 0.25) is 0 Å². The second-order valence-corrected chi connectivity index (χ2v) is 5.43. The zero-order valence-corrected chi connectivity index (χ0v) is 12.6. The first-order valence-corrected chi connectivity index (χ1v) is 7.03. The van der Waals surface area contributed by atoms with E-state index in [2.05, 4.69) is 0 Å². The van der Waals surface area contributed by atoms with Crippen LogP contribution in [0.2, 0.25) is 0 Å². The summed E-state index contributed by atoms with van der Waals surface area (Å²) in [4.78, 5) is 11.4. The summed E-state index contributed by atoms with van der Waals surface area (Å²) in [6.07, 6.45) is 1.80. The molecule has 5 heteroatoms. The van der Waals surface area contributed by atoms with Crippen LogP contribution in [0.4, 0.5) is 0 Å². The molecule has 1 heterocycles. The fourth-order valence-electron chi connectivity index (χ4n) is 2.88. The average molecular weight is 291 g/mol. The predicted molar refractivity (Wildman–Crippen MR) is 80.7 cm³/mol. The van der Waals surface area contributed by atoms with Gasteiger partial charge in [-0.3, -0.25) is 0 Å². The molecule has 0 aliphatic heterocycles. The van der Waals surface area contributed by atoms with Crippen LogP contribution in [0.3, 0.4) is 0 Å². The molecule has 2 aromatic rings. The Morgan fingerprint density at radius 2 is 2.05 bits per heavy atom. The number of aromatic nitrogens is 1. The van der Waals surface area contributed by atoms with E-state index >= 15 is 0 Å². The molecule has 0 fully saturated rings. The Morgan fingerprint density at radius 1 is 1.38 bits per heavy atom. The van der Waals surface area contributed by atoms with E-state index in [1.165, 1.54) is 0 Å². The van der Waals surface area contributed by atoms with E-state index in [0.29, 0.717) is 18.5 Å². The molecule has 0 amide bonds. The number of aryl methyl sites for hydroxylation is 3. The monoisotopic (exact) mass is 291 g/mol. The number of carboxylic acid groups (broad SMARTS) is 1. The van der Waals surface area contributed by atoms with Crippen molar-refractivity contribution in [2.75, 3.05) is 6.61 Å².